The number of ether oxygens (including phenoxy) is 1. The normalized spacial score (nSPS) is 15.0. The second-order valence-electron chi connectivity index (χ2n) is 9.87. The van der Waals surface area contributed by atoms with Crippen LogP contribution in [0.2, 0.25) is 5.04 Å². The molecule has 0 aromatic heterocycles. The Kier molecular flexibility index (Phi) is 7.84. The Hall–Kier alpha value is -2.44. The van der Waals surface area contributed by atoms with Gasteiger partial charge in [0.15, 0.2) is 0 Å². The van der Waals surface area contributed by atoms with E-state index in [1.54, 1.807) is 0 Å². The first-order chi connectivity index (χ1) is 14.4. The molecule has 0 saturated heterocycles. The monoisotopic (exact) mass is 441 g/mol. The number of carbonyl (C=O) groups excluding carboxylic acids is 2. The maximum atomic E-state index is 11.4. The summed E-state index contributed by atoms with van der Waals surface area (Å²) in [7, 11) is -2.89. The molecular weight excluding hydrogens is 406 g/mol. The smallest absolute Gasteiger partial charge is 0.404 e. The highest BCUT2D eigenvalue weighted by molar-refractivity contribution is 6.99. The van der Waals surface area contributed by atoms with Crippen LogP contribution in [0.4, 0.5) is 4.79 Å². The minimum absolute atomic E-state index is 0.0350. The van der Waals surface area contributed by atoms with E-state index >= 15 is 0 Å². The molecular formula is C25H35NO4Si. The first kappa shape index (κ1) is 24.8. The molecule has 0 fully saturated rings. The SMILES string of the molecule is CC(C)(C)c1ccccc1[Si](OCC(CC=O)OC(N)=O)(c1ccccc1)C(C)(C)C. The molecule has 1 amide bonds. The van der Waals surface area contributed by atoms with E-state index in [2.05, 4.69) is 71.9 Å². The highest BCUT2D eigenvalue weighted by atomic mass is 28.4. The quantitative estimate of drug-likeness (QED) is 0.498. The zero-order valence-corrected chi connectivity index (χ0v) is 20.5. The van der Waals surface area contributed by atoms with Crippen LogP contribution in [0.15, 0.2) is 54.6 Å². The summed E-state index contributed by atoms with van der Waals surface area (Å²) in [6, 6.07) is 18.7. The molecule has 0 radical (unpaired) electrons. The van der Waals surface area contributed by atoms with Crippen molar-refractivity contribution >= 4 is 31.1 Å². The lowest BCUT2D eigenvalue weighted by molar-refractivity contribution is -0.109. The van der Waals surface area contributed by atoms with Gasteiger partial charge in [-0.1, -0.05) is 96.1 Å². The van der Waals surface area contributed by atoms with Gasteiger partial charge >= 0.3 is 6.09 Å². The fourth-order valence-electron chi connectivity index (χ4n) is 4.13. The summed E-state index contributed by atoms with van der Waals surface area (Å²) in [4.78, 5) is 22.5. The molecule has 2 aromatic carbocycles. The van der Waals surface area contributed by atoms with Crippen molar-refractivity contribution in [3.63, 3.8) is 0 Å². The lowest BCUT2D eigenvalue weighted by Crippen LogP contribution is -2.68. The van der Waals surface area contributed by atoms with Crippen LogP contribution in [-0.2, 0) is 19.4 Å². The molecule has 0 heterocycles. The maximum absolute atomic E-state index is 11.4. The second-order valence-corrected chi connectivity index (χ2v) is 14.1. The number of aldehydes is 1. The van der Waals surface area contributed by atoms with E-state index in [1.807, 2.05) is 24.3 Å². The Labute approximate surface area is 187 Å². The van der Waals surface area contributed by atoms with Gasteiger partial charge in [0, 0.05) is 6.42 Å². The number of hydrogen-bond donors (Lipinski definition) is 1. The molecule has 5 nitrogen and oxygen atoms in total. The minimum Gasteiger partial charge on any atom is -0.444 e. The highest BCUT2D eigenvalue weighted by Crippen LogP contribution is 2.39. The van der Waals surface area contributed by atoms with Gasteiger partial charge in [-0.25, -0.2) is 4.79 Å². The summed E-state index contributed by atoms with van der Waals surface area (Å²) >= 11 is 0. The topological polar surface area (TPSA) is 78.6 Å². The van der Waals surface area contributed by atoms with E-state index in [1.165, 1.54) is 10.8 Å². The zero-order chi connectivity index (χ0) is 23.3. The largest absolute Gasteiger partial charge is 0.444 e. The Morgan fingerprint density at radius 2 is 1.58 bits per heavy atom. The minimum atomic E-state index is -2.89. The van der Waals surface area contributed by atoms with Crippen LogP contribution in [0.25, 0.3) is 0 Å². The third-order valence-corrected chi connectivity index (χ3v) is 10.5. The van der Waals surface area contributed by atoms with Crippen LogP contribution in [0.3, 0.4) is 0 Å². The Morgan fingerprint density at radius 1 is 1.00 bits per heavy atom. The van der Waals surface area contributed by atoms with E-state index in [9.17, 15) is 9.59 Å². The van der Waals surface area contributed by atoms with Gasteiger partial charge in [0.1, 0.15) is 12.4 Å². The van der Waals surface area contributed by atoms with Crippen LogP contribution in [0.5, 0.6) is 0 Å². The van der Waals surface area contributed by atoms with Gasteiger partial charge in [-0.15, -0.1) is 0 Å². The van der Waals surface area contributed by atoms with E-state index in [-0.39, 0.29) is 23.5 Å². The van der Waals surface area contributed by atoms with Gasteiger partial charge in [0.25, 0.3) is 8.32 Å². The molecule has 2 unspecified atom stereocenters. The standard InChI is InChI=1S/C25H35NO4Si/c1-24(2,3)21-14-10-11-15-22(21)31(25(4,5)6,20-12-8-7-9-13-20)29-18-19(16-17-27)30-23(26)28/h7-15,17,19H,16,18H2,1-6H3,(H2,26,28). The molecule has 0 bridgehead atoms. The van der Waals surface area contributed by atoms with E-state index in [0.717, 1.165) is 11.5 Å². The molecule has 31 heavy (non-hydrogen) atoms. The second kappa shape index (κ2) is 9.79. The van der Waals surface area contributed by atoms with Crippen LogP contribution in [0.1, 0.15) is 53.5 Å². The summed E-state index contributed by atoms with van der Waals surface area (Å²) in [6.07, 6.45) is -0.876. The molecule has 0 aliphatic heterocycles. The lowest BCUT2D eigenvalue weighted by Gasteiger charge is -2.45. The van der Waals surface area contributed by atoms with E-state index in [0.29, 0.717) is 0 Å². The predicted molar refractivity (Wildman–Crippen MR) is 127 cm³/mol. The zero-order valence-electron chi connectivity index (χ0n) is 19.5. The molecule has 2 rings (SSSR count). The van der Waals surface area contributed by atoms with Crippen molar-refractivity contribution in [3.05, 3.63) is 60.2 Å². The van der Waals surface area contributed by atoms with E-state index in [4.69, 9.17) is 14.9 Å². The number of rotatable bonds is 8. The fraction of sp³-hybridized carbons (Fsp3) is 0.440. The first-order valence-corrected chi connectivity index (χ1v) is 12.5. The van der Waals surface area contributed by atoms with Crippen molar-refractivity contribution in [1.29, 1.82) is 0 Å². The van der Waals surface area contributed by atoms with Crippen molar-refractivity contribution in [3.8, 4) is 0 Å². The third kappa shape index (κ3) is 5.63. The first-order valence-electron chi connectivity index (χ1n) is 10.6. The summed E-state index contributed by atoms with van der Waals surface area (Å²) in [5.41, 5.74) is 6.36. The van der Waals surface area contributed by atoms with Crippen molar-refractivity contribution < 1.29 is 18.8 Å². The number of benzene rings is 2. The molecule has 0 aliphatic rings. The number of amides is 1. The van der Waals surface area contributed by atoms with Crippen molar-refractivity contribution in [2.24, 2.45) is 5.73 Å². The number of carbonyl (C=O) groups is 2. The Balaban J connectivity index is 2.73. The van der Waals surface area contributed by atoms with Gasteiger partial charge in [-0.2, -0.15) is 0 Å². The Bertz CT molecular complexity index is 886. The molecule has 2 aromatic rings. The molecule has 0 aliphatic carbocycles. The third-order valence-electron chi connectivity index (χ3n) is 5.48. The van der Waals surface area contributed by atoms with Gasteiger partial charge in [-0.3, -0.25) is 0 Å². The van der Waals surface area contributed by atoms with Crippen molar-refractivity contribution in [1.82, 2.24) is 0 Å². The molecule has 0 saturated carbocycles. The Morgan fingerprint density at radius 3 is 2.10 bits per heavy atom. The number of primary amides is 1. The van der Waals surface area contributed by atoms with Crippen molar-refractivity contribution in [2.45, 2.75) is 64.5 Å². The summed E-state index contributed by atoms with van der Waals surface area (Å²) in [5, 5.41) is 2.07. The maximum Gasteiger partial charge on any atom is 0.404 e. The molecule has 6 heteroatoms. The molecule has 2 atom stereocenters. The van der Waals surface area contributed by atoms with Gasteiger partial charge in [-0.05, 0) is 26.4 Å². The van der Waals surface area contributed by atoms with E-state index < -0.39 is 20.5 Å². The van der Waals surface area contributed by atoms with Gasteiger partial charge in [0.05, 0.1) is 6.61 Å². The number of hydrogen-bond acceptors (Lipinski definition) is 4. The number of nitrogens with two attached hydrogens (primary N) is 1. The lowest BCUT2D eigenvalue weighted by atomic mass is 9.87. The summed E-state index contributed by atoms with van der Waals surface area (Å²) in [5.74, 6) is 0. The van der Waals surface area contributed by atoms with Crippen LogP contribution < -0.4 is 16.1 Å². The van der Waals surface area contributed by atoms with Crippen LogP contribution >= 0.6 is 0 Å². The fourth-order valence-corrected chi connectivity index (χ4v) is 9.13. The average Bonchev–Trinajstić information content (AvgIpc) is 2.67. The summed E-state index contributed by atoms with van der Waals surface area (Å²) < 4.78 is 12.0. The van der Waals surface area contributed by atoms with Gasteiger partial charge < -0.3 is 19.7 Å². The molecule has 0 spiro atoms. The molecule has 168 valence electrons. The summed E-state index contributed by atoms with van der Waals surface area (Å²) in [6.45, 7) is 13.3. The highest BCUT2D eigenvalue weighted by Gasteiger charge is 2.52. The molecule has 2 N–H and O–H groups in total. The van der Waals surface area contributed by atoms with Crippen molar-refractivity contribution in [2.75, 3.05) is 6.61 Å². The van der Waals surface area contributed by atoms with Gasteiger partial charge in [0.2, 0.25) is 0 Å². The average molecular weight is 442 g/mol. The predicted octanol–water partition coefficient (Wildman–Crippen LogP) is 3.91. The van der Waals surface area contributed by atoms with Crippen LogP contribution in [0, 0.1) is 0 Å². The van der Waals surface area contributed by atoms with Crippen LogP contribution in [-0.4, -0.2) is 33.4 Å².